The topological polar surface area (TPSA) is 26.7 Å². The fraction of sp³-hybridized carbons (Fsp3) is 0.600. The molecule has 0 aliphatic carbocycles. The maximum atomic E-state index is 10.4. The standard InChI is InChI=1S/C15H22Cl2N2O/c1-2-18-6-3-7-19(9-8-18)11-15(20)13-5-4-12(16)10-14(13)17/h4-5,10,15,20H,2-3,6-9,11H2,1H3. The normalized spacial score (nSPS) is 19.8. The van der Waals surface area contributed by atoms with Crippen LogP contribution in [0.5, 0.6) is 0 Å². The maximum absolute atomic E-state index is 10.4. The highest BCUT2D eigenvalue weighted by Gasteiger charge is 2.19. The number of β-amino-alcohol motifs (C(OH)–C–C–N with tert-alkyl or cyclic N) is 1. The molecule has 1 aromatic carbocycles. The lowest BCUT2D eigenvalue weighted by atomic mass is 10.1. The highest BCUT2D eigenvalue weighted by Crippen LogP contribution is 2.27. The van der Waals surface area contributed by atoms with Gasteiger partial charge < -0.3 is 10.0 Å². The first-order chi connectivity index (χ1) is 9.60. The van der Waals surface area contributed by atoms with Crippen molar-refractivity contribution in [2.45, 2.75) is 19.4 Å². The number of hydrogen-bond donors (Lipinski definition) is 1. The van der Waals surface area contributed by atoms with Crippen LogP contribution in [-0.2, 0) is 0 Å². The summed E-state index contributed by atoms with van der Waals surface area (Å²) in [6, 6.07) is 5.27. The van der Waals surface area contributed by atoms with Gasteiger partial charge >= 0.3 is 0 Å². The van der Waals surface area contributed by atoms with Gasteiger partial charge in [-0.3, -0.25) is 4.90 Å². The van der Waals surface area contributed by atoms with E-state index in [4.69, 9.17) is 23.2 Å². The summed E-state index contributed by atoms with van der Waals surface area (Å²) >= 11 is 12.0. The van der Waals surface area contributed by atoms with Crippen LogP contribution in [0.25, 0.3) is 0 Å². The Bertz CT molecular complexity index is 442. The third-order valence-electron chi connectivity index (χ3n) is 3.88. The molecule has 0 spiro atoms. The van der Waals surface area contributed by atoms with E-state index >= 15 is 0 Å². The van der Waals surface area contributed by atoms with Gasteiger partial charge in [-0.15, -0.1) is 0 Å². The molecule has 1 N–H and O–H groups in total. The molecule has 0 bridgehead atoms. The lowest BCUT2D eigenvalue weighted by molar-refractivity contribution is 0.115. The molecule has 1 fully saturated rings. The molecule has 112 valence electrons. The van der Waals surface area contributed by atoms with E-state index in [-0.39, 0.29) is 0 Å². The van der Waals surface area contributed by atoms with Crippen molar-refractivity contribution in [2.75, 3.05) is 39.3 Å². The molecular weight excluding hydrogens is 295 g/mol. The van der Waals surface area contributed by atoms with Crippen LogP contribution >= 0.6 is 23.2 Å². The number of aliphatic hydroxyl groups excluding tert-OH is 1. The molecule has 0 aromatic heterocycles. The van der Waals surface area contributed by atoms with Crippen LogP contribution in [0.4, 0.5) is 0 Å². The van der Waals surface area contributed by atoms with Crippen molar-refractivity contribution in [1.82, 2.24) is 9.80 Å². The summed E-state index contributed by atoms with van der Waals surface area (Å²) in [4.78, 5) is 4.76. The minimum absolute atomic E-state index is 0.537. The van der Waals surface area contributed by atoms with Gasteiger partial charge in [0.2, 0.25) is 0 Å². The zero-order valence-electron chi connectivity index (χ0n) is 11.9. The summed E-state index contributed by atoms with van der Waals surface area (Å²) in [7, 11) is 0. The van der Waals surface area contributed by atoms with Gasteiger partial charge in [0.1, 0.15) is 0 Å². The lowest BCUT2D eigenvalue weighted by Gasteiger charge is -2.24. The van der Waals surface area contributed by atoms with Crippen molar-refractivity contribution in [3.63, 3.8) is 0 Å². The third-order valence-corrected chi connectivity index (χ3v) is 4.44. The van der Waals surface area contributed by atoms with Crippen molar-refractivity contribution in [3.05, 3.63) is 33.8 Å². The third kappa shape index (κ3) is 4.34. The molecule has 1 unspecified atom stereocenters. The fourth-order valence-electron chi connectivity index (χ4n) is 2.64. The highest BCUT2D eigenvalue weighted by atomic mass is 35.5. The fourth-order valence-corrected chi connectivity index (χ4v) is 3.17. The van der Waals surface area contributed by atoms with Gasteiger partial charge in [-0.2, -0.15) is 0 Å². The Balaban J connectivity index is 1.95. The smallest absolute Gasteiger partial charge is 0.0931 e. The predicted octanol–water partition coefficient (Wildman–Crippen LogP) is 3.05. The van der Waals surface area contributed by atoms with Crippen molar-refractivity contribution in [2.24, 2.45) is 0 Å². The summed E-state index contributed by atoms with van der Waals surface area (Å²) in [6.45, 7) is 8.15. The molecule has 0 saturated carbocycles. The van der Waals surface area contributed by atoms with E-state index in [9.17, 15) is 5.11 Å². The molecule has 1 atom stereocenters. The number of rotatable bonds is 4. The summed E-state index contributed by atoms with van der Waals surface area (Å²) < 4.78 is 0. The SMILES string of the molecule is CCN1CCCN(CC(O)c2ccc(Cl)cc2Cl)CC1. The average molecular weight is 317 g/mol. The zero-order chi connectivity index (χ0) is 14.5. The Morgan fingerprint density at radius 1 is 1.15 bits per heavy atom. The maximum Gasteiger partial charge on any atom is 0.0931 e. The molecule has 3 nitrogen and oxygen atoms in total. The Kier molecular flexibility index (Phi) is 6.12. The van der Waals surface area contributed by atoms with Gasteiger partial charge in [0.05, 0.1) is 6.10 Å². The van der Waals surface area contributed by atoms with Gasteiger partial charge in [-0.05, 0) is 38.2 Å². The summed E-state index contributed by atoms with van der Waals surface area (Å²) in [5, 5.41) is 11.5. The van der Waals surface area contributed by atoms with Gasteiger partial charge in [-0.25, -0.2) is 0 Å². The van der Waals surface area contributed by atoms with E-state index in [0.717, 1.165) is 44.7 Å². The van der Waals surface area contributed by atoms with E-state index < -0.39 is 6.10 Å². The second-order valence-corrected chi connectivity index (χ2v) is 6.11. The van der Waals surface area contributed by atoms with Gasteiger partial charge in [0.15, 0.2) is 0 Å². The second-order valence-electron chi connectivity index (χ2n) is 5.27. The number of halogens is 2. The van der Waals surface area contributed by atoms with E-state index in [1.165, 1.54) is 0 Å². The van der Waals surface area contributed by atoms with E-state index in [2.05, 4.69) is 16.7 Å². The molecular formula is C15H22Cl2N2O. The first-order valence-corrected chi connectivity index (χ1v) is 7.93. The first-order valence-electron chi connectivity index (χ1n) is 7.18. The highest BCUT2D eigenvalue weighted by molar-refractivity contribution is 6.35. The second kappa shape index (κ2) is 7.62. The number of aliphatic hydroxyl groups is 1. The number of likely N-dealkylation sites (N-methyl/N-ethyl adjacent to an activating group) is 1. The van der Waals surface area contributed by atoms with Crippen molar-refractivity contribution >= 4 is 23.2 Å². The molecule has 2 rings (SSSR count). The van der Waals surface area contributed by atoms with Crippen LogP contribution in [0.2, 0.25) is 10.0 Å². The Morgan fingerprint density at radius 2 is 1.85 bits per heavy atom. The minimum Gasteiger partial charge on any atom is -0.387 e. The Hall–Kier alpha value is -0.320. The van der Waals surface area contributed by atoms with Gasteiger partial charge in [0.25, 0.3) is 0 Å². The monoisotopic (exact) mass is 316 g/mol. The molecule has 1 aromatic rings. The number of hydrogen-bond acceptors (Lipinski definition) is 3. The van der Waals surface area contributed by atoms with E-state index in [1.54, 1.807) is 12.1 Å². The molecule has 1 saturated heterocycles. The minimum atomic E-state index is -0.562. The van der Waals surface area contributed by atoms with Crippen LogP contribution in [0, 0.1) is 0 Å². The van der Waals surface area contributed by atoms with Crippen LogP contribution in [0.15, 0.2) is 18.2 Å². The molecule has 1 aliphatic rings. The summed E-state index contributed by atoms with van der Waals surface area (Å²) in [5.41, 5.74) is 0.757. The summed E-state index contributed by atoms with van der Waals surface area (Å²) in [5.74, 6) is 0. The van der Waals surface area contributed by atoms with E-state index in [0.29, 0.717) is 16.6 Å². The lowest BCUT2D eigenvalue weighted by Crippen LogP contribution is -2.33. The van der Waals surface area contributed by atoms with Crippen molar-refractivity contribution in [1.29, 1.82) is 0 Å². The Labute approximate surface area is 131 Å². The van der Waals surface area contributed by atoms with Crippen molar-refractivity contribution in [3.8, 4) is 0 Å². The zero-order valence-corrected chi connectivity index (χ0v) is 13.4. The molecule has 1 heterocycles. The molecule has 0 amide bonds. The van der Waals surface area contributed by atoms with Crippen LogP contribution in [0.1, 0.15) is 25.0 Å². The predicted molar refractivity (Wildman–Crippen MR) is 84.6 cm³/mol. The number of nitrogens with zero attached hydrogens (tertiary/aromatic N) is 2. The summed E-state index contributed by atoms with van der Waals surface area (Å²) in [6.07, 6.45) is 0.586. The van der Waals surface area contributed by atoms with Crippen molar-refractivity contribution < 1.29 is 5.11 Å². The van der Waals surface area contributed by atoms with Gasteiger partial charge in [-0.1, -0.05) is 36.2 Å². The Morgan fingerprint density at radius 3 is 2.55 bits per heavy atom. The molecule has 5 heteroatoms. The first kappa shape index (κ1) is 16.1. The quantitative estimate of drug-likeness (QED) is 0.924. The largest absolute Gasteiger partial charge is 0.387 e. The van der Waals surface area contributed by atoms with Crippen LogP contribution in [-0.4, -0.2) is 54.2 Å². The average Bonchev–Trinajstić information content (AvgIpc) is 2.63. The molecule has 20 heavy (non-hydrogen) atoms. The van der Waals surface area contributed by atoms with Gasteiger partial charge in [0, 0.05) is 35.2 Å². The molecule has 0 radical (unpaired) electrons. The van der Waals surface area contributed by atoms with Crippen LogP contribution < -0.4 is 0 Å². The molecule has 1 aliphatic heterocycles. The number of benzene rings is 1. The van der Waals surface area contributed by atoms with Crippen LogP contribution in [0.3, 0.4) is 0 Å². The van der Waals surface area contributed by atoms with E-state index in [1.807, 2.05) is 6.07 Å².